The second-order valence-electron chi connectivity index (χ2n) is 8.43. The van der Waals surface area contributed by atoms with E-state index < -0.39 is 6.04 Å². The van der Waals surface area contributed by atoms with Gasteiger partial charge in [-0.2, -0.15) is 0 Å². The summed E-state index contributed by atoms with van der Waals surface area (Å²) < 4.78 is 0. The summed E-state index contributed by atoms with van der Waals surface area (Å²) in [5.41, 5.74) is 14.4. The molecule has 2 aromatic rings. The van der Waals surface area contributed by atoms with Crippen molar-refractivity contribution in [1.29, 1.82) is 0 Å². The average Bonchev–Trinajstić information content (AvgIpc) is 3.24. The number of carbonyl (C=O) groups excluding carboxylic acids is 2. The molecular formula is C25H35N5O2. The maximum absolute atomic E-state index is 12.7. The van der Waals surface area contributed by atoms with Crippen LogP contribution in [-0.4, -0.2) is 54.6 Å². The molecule has 1 fully saturated rings. The van der Waals surface area contributed by atoms with Crippen molar-refractivity contribution >= 4 is 11.9 Å². The molecule has 32 heavy (non-hydrogen) atoms. The third kappa shape index (κ3) is 7.07. The molecule has 3 rings (SSSR count). The quantitative estimate of drug-likeness (QED) is 0.425. The number of amides is 3. The van der Waals surface area contributed by atoms with Crippen molar-refractivity contribution in [2.45, 2.75) is 50.2 Å². The first-order valence-electron chi connectivity index (χ1n) is 11.4. The van der Waals surface area contributed by atoms with E-state index in [4.69, 9.17) is 11.5 Å². The predicted molar refractivity (Wildman–Crippen MR) is 127 cm³/mol. The minimum absolute atomic E-state index is 0.0880. The second-order valence-corrected chi connectivity index (χ2v) is 8.43. The molecule has 0 saturated carbocycles. The molecule has 3 amide bonds. The smallest absolute Gasteiger partial charge is 0.317 e. The minimum Gasteiger partial charge on any atom is -0.350 e. The highest BCUT2D eigenvalue weighted by molar-refractivity contribution is 5.82. The number of aryl methyl sites for hydroxylation is 2. The van der Waals surface area contributed by atoms with Gasteiger partial charge >= 0.3 is 6.03 Å². The number of hydrogen-bond donors (Lipinski definition) is 4. The van der Waals surface area contributed by atoms with Gasteiger partial charge in [-0.1, -0.05) is 60.7 Å². The Bertz CT molecular complexity index is 846. The highest BCUT2D eigenvalue weighted by Gasteiger charge is 2.35. The van der Waals surface area contributed by atoms with Crippen molar-refractivity contribution in [3.05, 3.63) is 71.8 Å². The van der Waals surface area contributed by atoms with Gasteiger partial charge in [-0.3, -0.25) is 4.79 Å². The molecule has 3 atom stereocenters. The lowest BCUT2D eigenvalue weighted by molar-refractivity contribution is -0.123. The number of urea groups is 1. The zero-order chi connectivity index (χ0) is 22.8. The molecule has 0 unspecified atom stereocenters. The normalized spacial score (nSPS) is 18.9. The number of nitrogens with two attached hydrogens (primary N) is 2. The molecular weight excluding hydrogens is 402 g/mol. The third-order valence-electron chi connectivity index (χ3n) is 5.98. The molecule has 0 aromatic heterocycles. The maximum Gasteiger partial charge on any atom is 0.317 e. The number of hydrogen-bond acceptors (Lipinski definition) is 4. The van der Waals surface area contributed by atoms with Crippen LogP contribution in [0.4, 0.5) is 4.79 Å². The van der Waals surface area contributed by atoms with Crippen LogP contribution in [0.15, 0.2) is 60.7 Å². The van der Waals surface area contributed by atoms with Gasteiger partial charge in [-0.15, -0.1) is 0 Å². The molecule has 1 heterocycles. The van der Waals surface area contributed by atoms with Crippen LogP contribution in [0.2, 0.25) is 0 Å². The molecule has 7 nitrogen and oxygen atoms in total. The largest absolute Gasteiger partial charge is 0.350 e. The summed E-state index contributed by atoms with van der Waals surface area (Å²) in [6.45, 7) is 1.41. The van der Waals surface area contributed by atoms with Crippen LogP contribution in [-0.2, 0) is 17.6 Å². The molecule has 0 bridgehead atoms. The molecule has 0 aliphatic carbocycles. The topological polar surface area (TPSA) is 113 Å². The lowest BCUT2D eigenvalue weighted by Crippen LogP contribution is -2.48. The summed E-state index contributed by atoms with van der Waals surface area (Å²) in [6, 6.07) is 19.3. The zero-order valence-electron chi connectivity index (χ0n) is 18.6. The number of nitrogens with one attached hydrogen (secondary N) is 2. The highest BCUT2D eigenvalue weighted by atomic mass is 16.2. The van der Waals surface area contributed by atoms with Crippen LogP contribution in [0.5, 0.6) is 0 Å². The summed E-state index contributed by atoms with van der Waals surface area (Å²) in [4.78, 5) is 27.0. The summed E-state index contributed by atoms with van der Waals surface area (Å²) in [6.07, 6.45) is 3.76. The summed E-state index contributed by atoms with van der Waals surface area (Å²) in [5, 5.41) is 6.00. The van der Waals surface area contributed by atoms with Gasteiger partial charge in [-0.25, -0.2) is 4.79 Å². The van der Waals surface area contributed by atoms with E-state index in [1.54, 1.807) is 4.90 Å². The van der Waals surface area contributed by atoms with Crippen LogP contribution >= 0.6 is 0 Å². The van der Waals surface area contributed by atoms with Gasteiger partial charge in [0.05, 0.1) is 6.04 Å². The van der Waals surface area contributed by atoms with E-state index in [1.807, 2.05) is 48.5 Å². The van der Waals surface area contributed by atoms with Gasteiger partial charge in [0, 0.05) is 31.7 Å². The number of nitrogens with zero attached hydrogens (tertiary/aromatic N) is 1. The van der Waals surface area contributed by atoms with Gasteiger partial charge in [0.1, 0.15) is 0 Å². The number of benzene rings is 2. The molecule has 2 aromatic carbocycles. The lowest BCUT2D eigenvalue weighted by Gasteiger charge is -2.23. The lowest BCUT2D eigenvalue weighted by atomic mass is 10.0. The van der Waals surface area contributed by atoms with Crippen LogP contribution in [0, 0.1) is 0 Å². The van der Waals surface area contributed by atoms with E-state index in [9.17, 15) is 9.59 Å². The van der Waals surface area contributed by atoms with Crippen molar-refractivity contribution < 1.29 is 9.59 Å². The Morgan fingerprint density at radius 2 is 1.62 bits per heavy atom. The van der Waals surface area contributed by atoms with E-state index in [0.717, 1.165) is 24.8 Å². The number of likely N-dealkylation sites (tertiary alicyclic amines) is 1. The van der Waals surface area contributed by atoms with Crippen molar-refractivity contribution in [2.75, 3.05) is 19.6 Å². The Balaban J connectivity index is 1.40. The van der Waals surface area contributed by atoms with Crippen LogP contribution < -0.4 is 22.1 Å². The van der Waals surface area contributed by atoms with Crippen molar-refractivity contribution in [2.24, 2.45) is 11.5 Å². The standard InChI is InChI=1S/C25H35N5O2/c26-17-22-16-21(29-24(31)23(27)14-13-20-10-5-2-6-11-20)18-30(22)25(32)28-15-7-12-19-8-3-1-4-9-19/h1-6,8-11,21-23H,7,12-18,26-27H2,(H,28,32)(H,29,31)/t21-,22-,23-/m0/s1. The first-order valence-corrected chi connectivity index (χ1v) is 11.4. The summed E-state index contributed by atoms with van der Waals surface area (Å²) in [7, 11) is 0. The van der Waals surface area contributed by atoms with Gasteiger partial charge < -0.3 is 27.0 Å². The number of carbonyl (C=O) groups is 2. The SMILES string of the molecule is NC[C@@H]1C[C@H](NC(=O)[C@@H](N)CCc2ccccc2)CN1C(=O)NCCCc1ccccc1. The van der Waals surface area contributed by atoms with Gasteiger partial charge in [0.15, 0.2) is 0 Å². The van der Waals surface area contributed by atoms with Gasteiger partial charge in [-0.05, 0) is 43.2 Å². The second kappa shape index (κ2) is 12.2. The zero-order valence-corrected chi connectivity index (χ0v) is 18.6. The van der Waals surface area contributed by atoms with E-state index >= 15 is 0 Å². The Morgan fingerprint density at radius 1 is 1.00 bits per heavy atom. The predicted octanol–water partition coefficient (Wildman–Crippen LogP) is 1.81. The van der Waals surface area contributed by atoms with Gasteiger partial charge in [0.2, 0.25) is 5.91 Å². The van der Waals surface area contributed by atoms with Crippen molar-refractivity contribution in [3.63, 3.8) is 0 Å². The third-order valence-corrected chi connectivity index (χ3v) is 5.98. The maximum atomic E-state index is 12.7. The molecule has 6 N–H and O–H groups in total. The molecule has 1 aliphatic heterocycles. The number of rotatable bonds is 10. The van der Waals surface area contributed by atoms with E-state index in [1.165, 1.54) is 5.56 Å². The van der Waals surface area contributed by atoms with Crippen LogP contribution in [0.1, 0.15) is 30.4 Å². The Hall–Kier alpha value is -2.90. The fourth-order valence-electron chi connectivity index (χ4n) is 4.13. The first kappa shape index (κ1) is 23.8. The fourth-order valence-corrected chi connectivity index (χ4v) is 4.13. The fraction of sp³-hybridized carbons (Fsp3) is 0.440. The molecule has 0 spiro atoms. The minimum atomic E-state index is -0.576. The van der Waals surface area contributed by atoms with E-state index in [2.05, 4.69) is 22.8 Å². The summed E-state index contributed by atoms with van der Waals surface area (Å²) >= 11 is 0. The highest BCUT2D eigenvalue weighted by Crippen LogP contribution is 2.17. The molecule has 172 valence electrons. The van der Waals surface area contributed by atoms with E-state index in [-0.39, 0.29) is 24.0 Å². The molecule has 0 radical (unpaired) electrons. The van der Waals surface area contributed by atoms with Crippen molar-refractivity contribution in [3.8, 4) is 0 Å². The monoisotopic (exact) mass is 437 g/mol. The molecule has 1 saturated heterocycles. The van der Waals surface area contributed by atoms with Crippen LogP contribution in [0.25, 0.3) is 0 Å². The Kier molecular flexibility index (Phi) is 9.07. The summed E-state index contributed by atoms with van der Waals surface area (Å²) in [5.74, 6) is -0.174. The molecule has 1 aliphatic rings. The first-order chi connectivity index (χ1) is 15.6. The van der Waals surface area contributed by atoms with Crippen LogP contribution in [0.3, 0.4) is 0 Å². The van der Waals surface area contributed by atoms with E-state index in [0.29, 0.717) is 32.5 Å². The molecule has 7 heteroatoms. The average molecular weight is 438 g/mol. The Labute approximate surface area is 190 Å². The van der Waals surface area contributed by atoms with Crippen molar-refractivity contribution in [1.82, 2.24) is 15.5 Å². The van der Waals surface area contributed by atoms with Gasteiger partial charge in [0.25, 0.3) is 0 Å². The Morgan fingerprint density at radius 3 is 2.25 bits per heavy atom.